The van der Waals surface area contributed by atoms with Crippen LogP contribution in [0.15, 0.2) is 110 Å². The average Bonchev–Trinajstić information content (AvgIpc) is 3.72. The van der Waals surface area contributed by atoms with Crippen LogP contribution < -0.4 is 18.6 Å². The molecular weight excluding hydrogens is 617 g/mol. The van der Waals surface area contributed by atoms with Crippen molar-refractivity contribution in [3.05, 3.63) is 132 Å². The second kappa shape index (κ2) is 14.2. The highest BCUT2D eigenvalue weighted by Gasteiger charge is 2.21. The van der Waals surface area contributed by atoms with Crippen LogP contribution in [0.1, 0.15) is 35.1 Å². The topological polar surface area (TPSA) is 36.1 Å². The Morgan fingerprint density at radius 1 is 0.500 bits per heavy atom. The molecule has 2 heterocycles. The van der Waals surface area contributed by atoms with Gasteiger partial charge in [-0.1, -0.05) is 48.5 Å². The Balaban J connectivity index is 1.22. The largest absolute Gasteiger partial charge is 0.493 e. The van der Waals surface area contributed by atoms with Crippen LogP contribution in [-0.2, 0) is 27.2 Å². The third-order valence-electron chi connectivity index (χ3n) is 9.75. The molecule has 7 rings (SSSR count). The molecule has 0 radical (unpaired) electrons. The van der Waals surface area contributed by atoms with Gasteiger partial charge in [-0.05, 0) is 118 Å². The molecule has 0 aliphatic carbocycles. The second-order valence-corrected chi connectivity index (χ2v) is 13.7. The molecule has 0 saturated heterocycles. The number of hydrogen-bond acceptors (Lipinski definition) is 2. The van der Waals surface area contributed by atoms with E-state index < -0.39 is 0 Å². The van der Waals surface area contributed by atoms with E-state index in [0.29, 0.717) is 13.2 Å². The van der Waals surface area contributed by atoms with Crippen molar-refractivity contribution in [3.8, 4) is 33.8 Å². The van der Waals surface area contributed by atoms with Gasteiger partial charge in [0.2, 0.25) is 12.7 Å². The maximum Gasteiger partial charge on any atom is 0.243 e. The van der Waals surface area contributed by atoms with Gasteiger partial charge in [-0.2, -0.15) is 0 Å². The van der Waals surface area contributed by atoms with Crippen molar-refractivity contribution in [1.82, 2.24) is 9.13 Å². The monoisotopic (exact) mass is 664 g/mol. The molecule has 0 saturated carbocycles. The Bertz CT molecular complexity index is 2050. The van der Waals surface area contributed by atoms with Gasteiger partial charge in [-0.15, -0.1) is 0 Å². The minimum absolute atomic E-state index is 0.677. The average molecular weight is 665 g/mol. The lowest BCUT2D eigenvalue weighted by Crippen LogP contribution is -2.23. The molecule has 50 heavy (non-hydrogen) atoms. The highest BCUT2D eigenvalue weighted by atomic mass is 16.5. The number of rotatable bonds is 12. The van der Waals surface area contributed by atoms with Crippen molar-refractivity contribution in [1.29, 1.82) is 0 Å². The van der Waals surface area contributed by atoms with Crippen LogP contribution >= 0.6 is 0 Å². The maximum absolute atomic E-state index is 6.29. The quantitative estimate of drug-likeness (QED) is 0.0744. The molecule has 0 amide bonds. The molecule has 0 N–H and O–H groups in total. The molecule has 0 aliphatic heterocycles. The molecule has 254 valence electrons. The highest BCUT2D eigenvalue weighted by molar-refractivity contribution is 6.22. The van der Waals surface area contributed by atoms with Crippen molar-refractivity contribution >= 4 is 21.5 Å². The van der Waals surface area contributed by atoms with E-state index in [0.717, 1.165) is 37.4 Å². The highest BCUT2D eigenvalue weighted by Crippen LogP contribution is 2.47. The lowest BCUT2D eigenvalue weighted by atomic mass is 9.82. The van der Waals surface area contributed by atoms with Gasteiger partial charge in [0.1, 0.15) is 36.3 Å². The summed E-state index contributed by atoms with van der Waals surface area (Å²) in [7, 11) is 4.09. The van der Waals surface area contributed by atoms with E-state index in [1.807, 2.05) is 14.1 Å². The van der Waals surface area contributed by atoms with Gasteiger partial charge in [-0.3, -0.25) is 0 Å². The van der Waals surface area contributed by atoms with E-state index in [-0.39, 0.29) is 0 Å². The van der Waals surface area contributed by atoms with E-state index in [2.05, 4.69) is 156 Å². The first-order valence-electron chi connectivity index (χ1n) is 17.7. The molecule has 6 heteroatoms. The number of aryl methyl sites for hydroxylation is 8. The van der Waals surface area contributed by atoms with Crippen LogP contribution in [0.4, 0.5) is 0 Å². The molecule has 0 spiro atoms. The van der Waals surface area contributed by atoms with Crippen LogP contribution in [0.5, 0.6) is 11.5 Å². The lowest BCUT2D eigenvalue weighted by molar-refractivity contribution is -0.671. The molecular formula is C44H48N4O2+2. The number of imidazole rings is 2. The summed E-state index contributed by atoms with van der Waals surface area (Å²) in [6, 6.07) is 26.7. The number of fused-ring (bicyclic) bond motifs is 2. The van der Waals surface area contributed by atoms with Gasteiger partial charge in [0.05, 0.1) is 40.4 Å². The van der Waals surface area contributed by atoms with Crippen LogP contribution in [0.2, 0.25) is 0 Å². The van der Waals surface area contributed by atoms with Gasteiger partial charge in [0, 0.05) is 12.8 Å². The van der Waals surface area contributed by atoms with Crippen molar-refractivity contribution in [2.75, 3.05) is 13.2 Å². The smallest absolute Gasteiger partial charge is 0.243 e. The minimum atomic E-state index is 0.677. The van der Waals surface area contributed by atoms with Crippen LogP contribution in [0.3, 0.4) is 0 Å². The summed E-state index contributed by atoms with van der Waals surface area (Å²) in [5, 5.41) is 5.05. The van der Waals surface area contributed by atoms with E-state index in [4.69, 9.17) is 9.47 Å². The molecule has 7 aromatic rings. The fourth-order valence-corrected chi connectivity index (χ4v) is 7.61. The predicted molar refractivity (Wildman–Crippen MR) is 203 cm³/mol. The van der Waals surface area contributed by atoms with E-state index >= 15 is 0 Å². The first-order chi connectivity index (χ1) is 24.3. The molecule has 0 aliphatic rings. The first kappa shape index (κ1) is 33.2. The zero-order chi connectivity index (χ0) is 34.8. The van der Waals surface area contributed by atoms with Gasteiger partial charge < -0.3 is 9.47 Å². The van der Waals surface area contributed by atoms with E-state index in [1.54, 1.807) is 0 Å². The van der Waals surface area contributed by atoms with Gasteiger partial charge in [0.25, 0.3) is 0 Å². The lowest BCUT2D eigenvalue weighted by Gasteiger charge is -2.22. The summed E-state index contributed by atoms with van der Waals surface area (Å²) in [4.78, 5) is 0. The van der Waals surface area contributed by atoms with Crippen molar-refractivity contribution < 1.29 is 18.6 Å². The summed E-state index contributed by atoms with van der Waals surface area (Å²) in [6.45, 7) is 12.1. The number of hydrogen-bond donors (Lipinski definition) is 0. The standard InChI is InChI=1S/C44H48N4O2/c1-31-25-35(49-23-11-17-47-21-19-45(5)29-47)26-32(2)41(31)43-37-13-7-9-15-39(37)44(40-16-10-8-14-38(40)43)42-33(3)27-36(28-34(42)4)50-24-12-18-48-22-20-46(6)30-48/h7-10,13-16,19-22,25-30H,11-12,17-18,23-24H2,1-6H3/q+2. The molecule has 5 aromatic carbocycles. The number of ether oxygens (including phenoxy) is 2. The van der Waals surface area contributed by atoms with E-state index in [9.17, 15) is 0 Å². The van der Waals surface area contributed by atoms with Crippen LogP contribution in [0.25, 0.3) is 43.8 Å². The molecule has 0 fully saturated rings. The number of nitrogens with zero attached hydrogens (tertiary/aromatic N) is 4. The Hall–Kier alpha value is -5.36. The third kappa shape index (κ3) is 6.75. The number of aromatic nitrogens is 4. The van der Waals surface area contributed by atoms with Gasteiger partial charge >= 0.3 is 0 Å². The third-order valence-corrected chi connectivity index (χ3v) is 9.75. The summed E-state index contributed by atoms with van der Waals surface area (Å²) in [5.74, 6) is 1.86. The van der Waals surface area contributed by atoms with Crippen LogP contribution in [0, 0.1) is 27.7 Å². The summed E-state index contributed by atoms with van der Waals surface area (Å²) in [5.41, 5.74) is 10.0. The Morgan fingerprint density at radius 2 is 0.840 bits per heavy atom. The summed E-state index contributed by atoms with van der Waals surface area (Å²) >= 11 is 0. The Labute approximate surface area is 295 Å². The van der Waals surface area contributed by atoms with Gasteiger partial charge in [-0.25, -0.2) is 18.3 Å². The molecule has 6 nitrogen and oxygen atoms in total. The maximum atomic E-state index is 6.29. The zero-order valence-corrected chi connectivity index (χ0v) is 30.2. The Kier molecular flexibility index (Phi) is 9.44. The normalized spacial score (nSPS) is 11.5. The Morgan fingerprint density at radius 3 is 1.14 bits per heavy atom. The second-order valence-electron chi connectivity index (χ2n) is 13.7. The summed E-state index contributed by atoms with van der Waals surface area (Å²) in [6.07, 6.45) is 14.4. The minimum Gasteiger partial charge on any atom is -0.493 e. The van der Waals surface area contributed by atoms with E-state index in [1.165, 1.54) is 66.1 Å². The predicted octanol–water partition coefficient (Wildman–Crippen LogP) is 8.75. The fourth-order valence-electron chi connectivity index (χ4n) is 7.61. The van der Waals surface area contributed by atoms with Crippen molar-refractivity contribution in [2.24, 2.45) is 14.1 Å². The number of benzene rings is 5. The molecule has 2 aromatic heterocycles. The zero-order valence-electron chi connectivity index (χ0n) is 30.2. The van der Waals surface area contributed by atoms with Crippen LogP contribution in [-0.4, -0.2) is 22.3 Å². The molecule has 0 bridgehead atoms. The summed E-state index contributed by atoms with van der Waals surface area (Å²) < 4.78 is 21.1. The SMILES string of the molecule is Cc1cc(OCCCn2cc[n+](C)c2)cc(C)c1-c1c2ccccc2c(-c2c(C)cc(OCCCn3cc[n+](C)c3)cc2C)c2ccccc12. The first-order valence-corrected chi connectivity index (χ1v) is 17.7. The fraction of sp³-hybridized carbons (Fsp3) is 0.273. The molecule has 0 atom stereocenters. The van der Waals surface area contributed by atoms with Crippen molar-refractivity contribution in [2.45, 2.75) is 53.6 Å². The van der Waals surface area contributed by atoms with Crippen molar-refractivity contribution in [3.63, 3.8) is 0 Å². The molecule has 0 unspecified atom stereocenters. The van der Waals surface area contributed by atoms with Gasteiger partial charge in [0.15, 0.2) is 0 Å².